The Hall–Kier alpha value is 0.1000. The third kappa shape index (κ3) is 4.76. The smallest absolute Gasteiger partial charge is 0.0136 e. The first-order chi connectivity index (χ1) is 5.72. The van der Waals surface area contributed by atoms with Crippen LogP contribution >= 0.6 is 12.4 Å². The summed E-state index contributed by atoms with van der Waals surface area (Å²) in [5.74, 6) is 0.618. The van der Waals surface area contributed by atoms with E-state index in [4.69, 9.17) is 5.73 Å². The van der Waals surface area contributed by atoms with E-state index in [1.165, 1.54) is 5.57 Å². The summed E-state index contributed by atoms with van der Waals surface area (Å²) in [6.07, 6.45) is 4.90. The Labute approximate surface area is 87.5 Å². The van der Waals surface area contributed by atoms with Gasteiger partial charge in [-0.05, 0) is 25.2 Å². The molecule has 0 aromatic heterocycles. The molecule has 0 fully saturated rings. The fraction of sp³-hybridized carbons (Fsp3) is 0.750. The zero-order chi connectivity index (χ0) is 8.97. The van der Waals surface area contributed by atoms with E-state index in [-0.39, 0.29) is 12.4 Å². The Morgan fingerprint density at radius 1 is 1.69 bits per heavy atom. The average Bonchev–Trinajstić information content (AvgIpc) is 2.05. The molecular formula is C8H15ClNO2S-. The highest BCUT2D eigenvalue weighted by Gasteiger charge is 2.13. The van der Waals surface area contributed by atoms with E-state index >= 15 is 0 Å². The molecule has 1 rings (SSSR count). The van der Waals surface area contributed by atoms with E-state index < -0.39 is 11.1 Å². The molecule has 2 atom stereocenters. The molecule has 2 N–H and O–H groups in total. The van der Waals surface area contributed by atoms with E-state index in [0.29, 0.717) is 18.2 Å². The maximum absolute atomic E-state index is 10.4. The van der Waals surface area contributed by atoms with Gasteiger partial charge in [0.1, 0.15) is 0 Å². The quantitative estimate of drug-likeness (QED) is 0.574. The number of allylic oxidation sites excluding steroid dienone is 1. The van der Waals surface area contributed by atoms with Crippen molar-refractivity contribution < 1.29 is 8.76 Å². The summed E-state index contributed by atoms with van der Waals surface area (Å²) < 4.78 is 20.7. The molecule has 1 aliphatic rings. The second kappa shape index (κ2) is 6.54. The minimum Gasteiger partial charge on any atom is -0.772 e. The summed E-state index contributed by atoms with van der Waals surface area (Å²) in [7, 11) is 0. The second-order valence-electron chi connectivity index (χ2n) is 3.18. The van der Waals surface area contributed by atoms with Crippen molar-refractivity contribution >= 4 is 23.5 Å². The monoisotopic (exact) mass is 224 g/mol. The zero-order valence-electron chi connectivity index (χ0n) is 7.40. The van der Waals surface area contributed by atoms with E-state index in [1.807, 2.05) is 0 Å². The van der Waals surface area contributed by atoms with E-state index in [2.05, 4.69) is 6.08 Å². The molecule has 13 heavy (non-hydrogen) atoms. The number of halogens is 1. The molecule has 2 unspecified atom stereocenters. The van der Waals surface area contributed by atoms with Crippen LogP contribution in [-0.2, 0) is 11.1 Å². The topological polar surface area (TPSA) is 66.2 Å². The normalized spacial score (nSPS) is 24.5. The first-order valence-corrected chi connectivity index (χ1v) is 5.40. The molecule has 0 saturated carbocycles. The second-order valence-corrected chi connectivity index (χ2v) is 4.12. The third-order valence-electron chi connectivity index (χ3n) is 2.25. The van der Waals surface area contributed by atoms with Crippen LogP contribution in [-0.4, -0.2) is 21.1 Å². The van der Waals surface area contributed by atoms with Crippen LogP contribution in [0.2, 0.25) is 0 Å². The maximum Gasteiger partial charge on any atom is 0.0136 e. The molecule has 78 valence electrons. The standard InChI is InChI=1S/C8H15NO2S.ClH/c9-5-7-1-3-8(4-2-7)6-12(10)11;/h1,8H,2-6,9H2,(H,10,11);1H/p-1. The molecule has 0 radical (unpaired) electrons. The van der Waals surface area contributed by atoms with Crippen LogP contribution in [0, 0.1) is 5.92 Å². The molecule has 5 heteroatoms. The lowest BCUT2D eigenvalue weighted by molar-refractivity contribution is 0.481. The van der Waals surface area contributed by atoms with Crippen molar-refractivity contribution in [2.24, 2.45) is 11.7 Å². The van der Waals surface area contributed by atoms with Gasteiger partial charge in [0.05, 0.1) is 0 Å². The van der Waals surface area contributed by atoms with Gasteiger partial charge in [-0.25, -0.2) is 0 Å². The Morgan fingerprint density at radius 2 is 2.38 bits per heavy atom. The largest absolute Gasteiger partial charge is 0.772 e. The first kappa shape index (κ1) is 13.1. The average molecular weight is 225 g/mol. The summed E-state index contributed by atoms with van der Waals surface area (Å²) in [4.78, 5) is 0. The molecule has 0 aromatic rings. The fourth-order valence-corrected chi connectivity index (χ4v) is 2.16. The number of hydrogen-bond donors (Lipinski definition) is 1. The van der Waals surface area contributed by atoms with Crippen molar-refractivity contribution in [3.05, 3.63) is 11.6 Å². The molecular weight excluding hydrogens is 210 g/mol. The summed E-state index contributed by atoms with van der Waals surface area (Å²) in [6, 6.07) is 0. The molecule has 3 nitrogen and oxygen atoms in total. The Bertz CT molecular complexity index is 208. The number of nitrogens with two attached hydrogens (primary N) is 1. The highest BCUT2D eigenvalue weighted by Crippen LogP contribution is 2.23. The van der Waals surface area contributed by atoms with Gasteiger partial charge >= 0.3 is 0 Å². The lowest BCUT2D eigenvalue weighted by atomic mass is 9.91. The third-order valence-corrected chi connectivity index (χ3v) is 2.99. The van der Waals surface area contributed by atoms with Gasteiger partial charge in [0.2, 0.25) is 0 Å². The lowest BCUT2D eigenvalue weighted by Gasteiger charge is -2.21. The van der Waals surface area contributed by atoms with Gasteiger partial charge < -0.3 is 10.3 Å². The van der Waals surface area contributed by atoms with E-state index in [0.717, 1.165) is 19.3 Å². The first-order valence-electron chi connectivity index (χ1n) is 4.16. The van der Waals surface area contributed by atoms with Gasteiger partial charge in [0.15, 0.2) is 0 Å². The van der Waals surface area contributed by atoms with Gasteiger partial charge in [-0.1, -0.05) is 22.7 Å². The molecule has 0 aromatic carbocycles. The molecule has 0 amide bonds. The molecule has 0 aliphatic heterocycles. The molecule has 0 heterocycles. The highest BCUT2D eigenvalue weighted by molar-refractivity contribution is 7.79. The number of hydrogen-bond acceptors (Lipinski definition) is 3. The predicted molar refractivity (Wildman–Crippen MR) is 55.5 cm³/mol. The van der Waals surface area contributed by atoms with Crippen LogP contribution in [0.15, 0.2) is 11.6 Å². The number of rotatable bonds is 3. The van der Waals surface area contributed by atoms with Crippen molar-refractivity contribution in [1.82, 2.24) is 0 Å². The van der Waals surface area contributed by atoms with Gasteiger partial charge in [-0.15, -0.1) is 12.4 Å². The van der Waals surface area contributed by atoms with Crippen LogP contribution in [0.1, 0.15) is 19.3 Å². The molecule has 0 spiro atoms. The van der Waals surface area contributed by atoms with Crippen LogP contribution < -0.4 is 5.73 Å². The predicted octanol–water partition coefficient (Wildman–Crippen LogP) is 0.973. The maximum atomic E-state index is 10.4. The SMILES string of the molecule is Cl.NCC1=CCC(CS(=O)[O-])CC1. The van der Waals surface area contributed by atoms with Crippen molar-refractivity contribution in [2.75, 3.05) is 12.3 Å². The Kier molecular flexibility index (Phi) is 6.59. The molecule has 0 bridgehead atoms. The van der Waals surface area contributed by atoms with Crippen LogP contribution in [0.4, 0.5) is 0 Å². The van der Waals surface area contributed by atoms with Crippen LogP contribution in [0.3, 0.4) is 0 Å². The van der Waals surface area contributed by atoms with Crippen molar-refractivity contribution in [2.45, 2.75) is 19.3 Å². The lowest BCUT2D eigenvalue weighted by Crippen LogP contribution is -2.16. The van der Waals surface area contributed by atoms with Crippen molar-refractivity contribution in [3.8, 4) is 0 Å². The molecule has 1 aliphatic carbocycles. The van der Waals surface area contributed by atoms with Crippen molar-refractivity contribution in [3.63, 3.8) is 0 Å². The van der Waals surface area contributed by atoms with Gasteiger partial charge in [-0.2, -0.15) is 0 Å². The van der Waals surface area contributed by atoms with E-state index in [1.54, 1.807) is 0 Å². The summed E-state index contributed by atoms with van der Waals surface area (Å²) >= 11 is -1.89. The zero-order valence-corrected chi connectivity index (χ0v) is 9.03. The minimum absolute atomic E-state index is 0. The van der Waals surface area contributed by atoms with Crippen LogP contribution in [0.25, 0.3) is 0 Å². The Morgan fingerprint density at radius 3 is 2.77 bits per heavy atom. The van der Waals surface area contributed by atoms with Crippen LogP contribution in [0.5, 0.6) is 0 Å². The molecule has 0 saturated heterocycles. The van der Waals surface area contributed by atoms with Gasteiger partial charge in [-0.3, -0.25) is 4.21 Å². The highest BCUT2D eigenvalue weighted by atomic mass is 35.5. The van der Waals surface area contributed by atoms with Gasteiger partial charge in [0, 0.05) is 12.3 Å². The van der Waals surface area contributed by atoms with Gasteiger partial charge in [0.25, 0.3) is 0 Å². The summed E-state index contributed by atoms with van der Waals surface area (Å²) in [5, 5.41) is 0. The summed E-state index contributed by atoms with van der Waals surface area (Å²) in [5.41, 5.74) is 6.73. The van der Waals surface area contributed by atoms with Crippen molar-refractivity contribution in [1.29, 1.82) is 0 Å². The van der Waals surface area contributed by atoms with E-state index in [9.17, 15) is 8.76 Å². The fourth-order valence-electron chi connectivity index (χ4n) is 1.47. The Balaban J connectivity index is 0.00000144. The minimum atomic E-state index is -1.89. The summed E-state index contributed by atoms with van der Waals surface area (Å²) in [6.45, 7) is 0.618.